The van der Waals surface area contributed by atoms with Crippen molar-refractivity contribution < 1.29 is 19.0 Å². The van der Waals surface area contributed by atoms with Crippen LogP contribution in [0.25, 0.3) is 6.08 Å². The van der Waals surface area contributed by atoms with Crippen LogP contribution in [0.1, 0.15) is 11.1 Å². The van der Waals surface area contributed by atoms with Crippen LogP contribution in [0, 0.1) is 11.3 Å². The number of rotatable bonds is 8. The van der Waals surface area contributed by atoms with Gasteiger partial charge in [0.15, 0.2) is 0 Å². The molecule has 0 aliphatic carbocycles. The normalized spacial score (nSPS) is 10.9. The minimum absolute atomic E-state index is 0.139. The van der Waals surface area contributed by atoms with Gasteiger partial charge in [0.25, 0.3) is 5.91 Å². The number of carbonyl (C=O) groups excluding carboxylic acids is 1. The fraction of sp³-hybridized carbons (Fsp3) is 0.120. The van der Waals surface area contributed by atoms with E-state index in [4.69, 9.17) is 49.0 Å². The molecule has 0 unspecified atom stereocenters. The Labute approximate surface area is 212 Å². The maximum Gasteiger partial charge on any atom is 0.266 e. The van der Waals surface area contributed by atoms with E-state index in [-0.39, 0.29) is 12.2 Å². The molecule has 0 radical (unpaired) electrons. The lowest BCUT2D eigenvalue weighted by molar-refractivity contribution is -0.112. The molecule has 0 aliphatic rings. The van der Waals surface area contributed by atoms with E-state index in [2.05, 4.69) is 5.32 Å². The average molecular weight is 518 g/mol. The van der Waals surface area contributed by atoms with Gasteiger partial charge in [-0.05, 0) is 41.5 Å². The van der Waals surface area contributed by atoms with Crippen molar-refractivity contribution in [2.75, 3.05) is 19.5 Å². The quantitative estimate of drug-likeness (QED) is 0.263. The third-order valence-corrected chi connectivity index (χ3v) is 5.46. The zero-order valence-corrected chi connectivity index (χ0v) is 20.5. The summed E-state index contributed by atoms with van der Waals surface area (Å²) in [5.41, 5.74) is 1.61. The summed E-state index contributed by atoms with van der Waals surface area (Å²) in [6.07, 6.45) is 1.42. The van der Waals surface area contributed by atoms with Crippen molar-refractivity contribution >= 4 is 52.5 Å². The number of anilines is 1. The first-order chi connectivity index (χ1) is 16.3. The third-order valence-electron chi connectivity index (χ3n) is 4.64. The van der Waals surface area contributed by atoms with Crippen molar-refractivity contribution in [3.05, 3.63) is 86.4 Å². The Bertz CT molecular complexity index is 1290. The molecule has 1 amide bonds. The highest BCUT2D eigenvalue weighted by atomic mass is 35.5. The molecule has 9 heteroatoms. The number of nitriles is 1. The lowest BCUT2D eigenvalue weighted by Crippen LogP contribution is -2.14. The molecule has 0 aromatic heterocycles. The predicted octanol–water partition coefficient (Wildman–Crippen LogP) is 6.79. The second-order valence-electron chi connectivity index (χ2n) is 6.92. The Morgan fingerprint density at radius 1 is 0.971 bits per heavy atom. The number of methoxy groups -OCH3 is 2. The number of ether oxygens (including phenoxy) is 3. The van der Waals surface area contributed by atoms with E-state index in [9.17, 15) is 10.1 Å². The summed E-state index contributed by atoms with van der Waals surface area (Å²) < 4.78 is 16.2. The van der Waals surface area contributed by atoms with Gasteiger partial charge < -0.3 is 19.5 Å². The monoisotopic (exact) mass is 516 g/mol. The van der Waals surface area contributed by atoms with Crippen molar-refractivity contribution in [1.29, 1.82) is 5.26 Å². The van der Waals surface area contributed by atoms with Crippen LogP contribution in [0.4, 0.5) is 5.69 Å². The zero-order chi connectivity index (χ0) is 24.7. The van der Waals surface area contributed by atoms with E-state index in [1.807, 2.05) is 18.2 Å². The van der Waals surface area contributed by atoms with E-state index >= 15 is 0 Å². The largest absolute Gasteiger partial charge is 0.495 e. The Balaban J connectivity index is 1.76. The molecule has 0 saturated heterocycles. The molecule has 3 rings (SSSR count). The summed E-state index contributed by atoms with van der Waals surface area (Å²) in [6, 6.07) is 17.2. The van der Waals surface area contributed by atoms with Crippen LogP contribution >= 0.6 is 34.8 Å². The van der Waals surface area contributed by atoms with Gasteiger partial charge in [-0.2, -0.15) is 5.26 Å². The molecular weight excluding hydrogens is 499 g/mol. The van der Waals surface area contributed by atoms with Crippen LogP contribution in [-0.4, -0.2) is 20.1 Å². The first kappa shape index (κ1) is 25.3. The molecule has 0 spiro atoms. The lowest BCUT2D eigenvalue weighted by Gasteiger charge is -2.13. The number of nitrogens with one attached hydrogen (secondary N) is 1. The first-order valence-corrected chi connectivity index (χ1v) is 11.0. The third kappa shape index (κ3) is 6.36. The molecule has 6 nitrogen and oxygen atoms in total. The minimum atomic E-state index is -0.636. The number of benzene rings is 3. The minimum Gasteiger partial charge on any atom is -0.495 e. The van der Waals surface area contributed by atoms with E-state index in [0.717, 1.165) is 5.56 Å². The zero-order valence-electron chi connectivity index (χ0n) is 18.2. The molecule has 0 aliphatic heterocycles. The van der Waals surface area contributed by atoms with Crippen LogP contribution in [0.15, 0.2) is 60.2 Å². The Hall–Kier alpha value is -3.37. The average Bonchev–Trinajstić information content (AvgIpc) is 2.82. The highest BCUT2D eigenvalue weighted by molar-refractivity contribution is 6.32. The van der Waals surface area contributed by atoms with Crippen LogP contribution in [0.5, 0.6) is 17.2 Å². The molecular formula is C25H19Cl3N2O4. The van der Waals surface area contributed by atoms with Crippen molar-refractivity contribution in [2.45, 2.75) is 6.61 Å². The Kier molecular flexibility index (Phi) is 8.67. The fourth-order valence-corrected chi connectivity index (χ4v) is 3.66. The number of carbonyl (C=O) groups is 1. The van der Waals surface area contributed by atoms with Crippen molar-refractivity contribution in [1.82, 2.24) is 0 Å². The van der Waals surface area contributed by atoms with Crippen LogP contribution in [-0.2, 0) is 11.4 Å². The van der Waals surface area contributed by atoms with Crippen molar-refractivity contribution in [3.8, 4) is 23.3 Å². The van der Waals surface area contributed by atoms with Crippen molar-refractivity contribution in [3.63, 3.8) is 0 Å². The molecule has 3 aromatic carbocycles. The van der Waals surface area contributed by atoms with Gasteiger partial charge in [-0.1, -0.05) is 53.0 Å². The Morgan fingerprint density at radius 2 is 1.71 bits per heavy atom. The van der Waals surface area contributed by atoms with Gasteiger partial charge in [-0.3, -0.25) is 4.79 Å². The smallest absolute Gasteiger partial charge is 0.266 e. The summed E-state index contributed by atoms with van der Waals surface area (Å²) in [5.74, 6) is 0.489. The second kappa shape index (κ2) is 11.7. The van der Waals surface area contributed by atoms with E-state index in [0.29, 0.717) is 43.6 Å². The van der Waals surface area contributed by atoms with E-state index in [1.54, 1.807) is 30.3 Å². The fourth-order valence-electron chi connectivity index (χ4n) is 2.97. The summed E-state index contributed by atoms with van der Waals surface area (Å²) in [7, 11) is 2.89. The SMILES string of the molecule is COc1cc(NC(=O)/C(C#N)=C/c2ccc(OCc3cccc(Cl)c3)c(Cl)c2)c(OC)cc1Cl. The van der Waals surface area contributed by atoms with E-state index in [1.165, 1.54) is 32.4 Å². The van der Waals surface area contributed by atoms with Crippen LogP contribution < -0.4 is 19.5 Å². The summed E-state index contributed by atoms with van der Waals surface area (Å²) in [6.45, 7) is 0.285. The van der Waals surface area contributed by atoms with E-state index < -0.39 is 5.91 Å². The highest BCUT2D eigenvalue weighted by Gasteiger charge is 2.16. The van der Waals surface area contributed by atoms with Gasteiger partial charge >= 0.3 is 0 Å². The second-order valence-corrected chi connectivity index (χ2v) is 8.17. The first-order valence-electron chi connectivity index (χ1n) is 9.86. The van der Waals surface area contributed by atoms with Gasteiger partial charge in [0.05, 0.1) is 30.0 Å². The lowest BCUT2D eigenvalue weighted by atomic mass is 10.1. The van der Waals surface area contributed by atoms with Gasteiger partial charge in [0.1, 0.15) is 35.5 Å². The number of amides is 1. The predicted molar refractivity (Wildman–Crippen MR) is 134 cm³/mol. The van der Waals surface area contributed by atoms with Gasteiger partial charge in [0, 0.05) is 17.2 Å². The van der Waals surface area contributed by atoms with Gasteiger partial charge in [0.2, 0.25) is 0 Å². The molecule has 0 saturated carbocycles. The molecule has 174 valence electrons. The Morgan fingerprint density at radius 3 is 2.35 bits per heavy atom. The number of nitrogens with zero attached hydrogens (tertiary/aromatic N) is 1. The molecule has 34 heavy (non-hydrogen) atoms. The highest BCUT2D eigenvalue weighted by Crippen LogP contribution is 2.36. The molecule has 0 heterocycles. The van der Waals surface area contributed by atoms with Gasteiger partial charge in [-0.25, -0.2) is 0 Å². The summed E-state index contributed by atoms with van der Waals surface area (Å²) in [4.78, 5) is 12.7. The molecule has 0 bridgehead atoms. The van der Waals surface area contributed by atoms with Crippen LogP contribution in [0.3, 0.4) is 0 Å². The molecule has 0 atom stereocenters. The molecule has 3 aromatic rings. The maximum absolute atomic E-state index is 12.7. The number of hydrogen-bond acceptors (Lipinski definition) is 5. The number of halogens is 3. The van der Waals surface area contributed by atoms with Crippen molar-refractivity contribution in [2.24, 2.45) is 0 Å². The van der Waals surface area contributed by atoms with Gasteiger partial charge in [-0.15, -0.1) is 0 Å². The summed E-state index contributed by atoms with van der Waals surface area (Å²) >= 11 is 18.4. The number of hydrogen-bond donors (Lipinski definition) is 1. The molecule has 1 N–H and O–H groups in total. The standard InChI is InChI=1S/C25H19Cl3N2O4/c1-32-23-12-21(24(33-2)11-20(23)28)30-25(31)17(13-29)8-15-6-7-22(19(27)10-15)34-14-16-4-3-5-18(26)9-16/h3-12H,14H2,1-2H3,(H,30,31)/b17-8+. The maximum atomic E-state index is 12.7. The molecule has 0 fully saturated rings. The topological polar surface area (TPSA) is 80.6 Å². The van der Waals surface area contributed by atoms with Crippen LogP contribution in [0.2, 0.25) is 15.1 Å². The summed E-state index contributed by atoms with van der Waals surface area (Å²) in [5, 5.41) is 13.4.